The van der Waals surface area contributed by atoms with Crippen LogP contribution in [0, 0.1) is 5.82 Å². The summed E-state index contributed by atoms with van der Waals surface area (Å²) < 4.78 is 16.6. The summed E-state index contributed by atoms with van der Waals surface area (Å²) >= 11 is 11.0. The van der Waals surface area contributed by atoms with Gasteiger partial charge in [0.15, 0.2) is 0 Å². The van der Waals surface area contributed by atoms with Gasteiger partial charge < -0.3 is 4.57 Å². The Morgan fingerprint density at radius 3 is 2.85 bits per heavy atom. The fourth-order valence-electron chi connectivity index (χ4n) is 2.19. The van der Waals surface area contributed by atoms with Crippen LogP contribution < -0.4 is 0 Å². The van der Waals surface area contributed by atoms with Crippen LogP contribution >= 0.6 is 38.9 Å². The predicted molar refractivity (Wildman–Crippen MR) is 85.2 cm³/mol. The molecule has 6 heteroatoms. The Hall–Kier alpha value is -0.910. The first-order valence-corrected chi connectivity index (χ1v) is 8.26. The number of thiophene rings is 1. The number of aromatic nitrogens is 2. The highest BCUT2D eigenvalue weighted by Gasteiger charge is 2.12. The highest BCUT2D eigenvalue weighted by Crippen LogP contribution is 2.26. The van der Waals surface area contributed by atoms with Gasteiger partial charge in [0.05, 0.1) is 21.4 Å². The van der Waals surface area contributed by atoms with Crippen molar-refractivity contribution in [1.29, 1.82) is 0 Å². The molecule has 0 amide bonds. The number of rotatable bonds is 4. The van der Waals surface area contributed by atoms with E-state index in [0.29, 0.717) is 18.8 Å². The SMILES string of the molecule is Fc1ccc2nc(CCCl)n(Cc3ccc(Br)s3)c2c1. The van der Waals surface area contributed by atoms with Crippen LogP contribution in [-0.4, -0.2) is 15.4 Å². The van der Waals surface area contributed by atoms with Crippen molar-refractivity contribution in [3.63, 3.8) is 0 Å². The second kappa shape index (κ2) is 5.84. The fourth-order valence-corrected chi connectivity index (χ4v) is 3.83. The third kappa shape index (κ3) is 2.75. The third-order valence-corrected chi connectivity index (χ3v) is 4.85. The van der Waals surface area contributed by atoms with Crippen molar-refractivity contribution in [2.24, 2.45) is 0 Å². The fraction of sp³-hybridized carbons (Fsp3) is 0.214. The molecule has 0 bridgehead atoms. The van der Waals surface area contributed by atoms with Gasteiger partial charge in [0.1, 0.15) is 11.6 Å². The zero-order valence-corrected chi connectivity index (χ0v) is 13.6. The van der Waals surface area contributed by atoms with Crippen LogP contribution in [0.25, 0.3) is 11.0 Å². The number of benzene rings is 1. The molecule has 0 aliphatic heterocycles. The Morgan fingerprint density at radius 1 is 1.30 bits per heavy atom. The van der Waals surface area contributed by atoms with Crippen LogP contribution in [0.1, 0.15) is 10.7 Å². The zero-order chi connectivity index (χ0) is 14.1. The molecule has 0 radical (unpaired) electrons. The Balaban J connectivity index is 2.09. The van der Waals surface area contributed by atoms with Crippen molar-refractivity contribution in [1.82, 2.24) is 9.55 Å². The van der Waals surface area contributed by atoms with Gasteiger partial charge in [-0.2, -0.15) is 0 Å². The molecule has 0 unspecified atom stereocenters. The van der Waals surface area contributed by atoms with Crippen LogP contribution in [0.15, 0.2) is 34.1 Å². The lowest BCUT2D eigenvalue weighted by Crippen LogP contribution is -2.05. The molecule has 0 spiro atoms. The lowest BCUT2D eigenvalue weighted by atomic mass is 10.3. The third-order valence-electron chi connectivity index (χ3n) is 3.05. The van der Waals surface area contributed by atoms with Gasteiger partial charge in [-0.15, -0.1) is 22.9 Å². The first-order chi connectivity index (χ1) is 9.67. The summed E-state index contributed by atoms with van der Waals surface area (Å²) in [5, 5.41) is 0. The Morgan fingerprint density at radius 2 is 2.15 bits per heavy atom. The number of imidazole rings is 1. The largest absolute Gasteiger partial charge is 0.323 e. The van der Waals surface area contributed by atoms with Crippen molar-refractivity contribution in [3.05, 3.63) is 50.6 Å². The predicted octanol–water partition coefficient (Wildman–Crippen LogP) is 4.83. The summed E-state index contributed by atoms with van der Waals surface area (Å²) in [5.74, 6) is 1.15. The maximum Gasteiger partial charge on any atom is 0.125 e. The van der Waals surface area contributed by atoms with Gasteiger partial charge in [0.25, 0.3) is 0 Å². The zero-order valence-electron chi connectivity index (χ0n) is 10.4. The van der Waals surface area contributed by atoms with Gasteiger partial charge in [0, 0.05) is 17.2 Å². The molecule has 0 saturated heterocycles. The maximum absolute atomic E-state index is 13.5. The number of aryl methyl sites for hydroxylation is 1. The van der Waals surface area contributed by atoms with Crippen LogP contribution in [-0.2, 0) is 13.0 Å². The Kier molecular flexibility index (Phi) is 4.10. The van der Waals surface area contributed by atoms with Crippen molar-refractivity contribution in [2.75, 3.05) is 5.88 Å². The number of hydrogen-bond acceptors (Lipinski definition) is 2. The van der Waals surface area contributed by atoms with Gasteiger partial charge in [-0.25, -0.2) is 9.37 Å². The first kappa shape index (κ1) is 14.0. The first-order valence-electron chi connectivity index (χ1n) is 6.12. The monoisotopic (exact) mass is 372 g/mol. The molecule has 104 valence electrons. The molecule has 20 heavy (non-hydrogen) atoms. The molecule has 2 heterocycles. The standard InChI is InChI=1S/C14H11BrClFN2S/c15-13-4-2-10(20-13)8-19-12-7-9(17)1-3-11(12)18-14(19)5-6-16/h1-4,7H,5-6,8H2. The summed E-state index contributed by atoms with van der Waals surface area (Å²) in [6.07, 6.45) is 0.671. The van der Waals surface area contributed by atoms with Crippen molar-refractivity contribution in [2.45, 2.75) is 13.0 Å². The minimum absolute atomic E-state index is 0.247. The van der Waals surface area contributed by atoms with Gasteiger partial charge in [-0.3, -0.25) is 0 Å². The summed E-state index contributed by atoms with van der Waals surface area (Å²) in [6.45, 7) is 0.683. The molecule has 1 aromatic carbocycles. The summed E-state index contributed by atoms with van der Waals surface area (Å²) in [7, 11) is 0. The molecule has 3 aromatic rings. The molecule has 0 aliphatic rings. The van der Waals surface area contributed by atoms with E-state index in [-0.39, 0.29) is 5.82 Å². The summed E-state index contributed by atoms with van der Waals surface area (Å²) in [6, 6.07) is 8.75. The van der Waals surface area contributed by atoms with Crippen LogP contribution in [0.2, 0.25) is 0 Å². The minimum atomic E-state index is -0.247. The van der Waals surface area contributed by atoms with E-state index in [2.05, 4.69) is 27.0 Å². The van der Waals surface area contributed by atoms with Gasteiger partial charge >= 0.3 is 0 Å². The quantitative estimate of drug-likeness (QED) is 0.599. The second-order valence-electron chi connectivity index (χ2n) is 4.39. The van der Waals surface area contributed by atoms with E-state index >= 15 is 0 Å². The molecular weight excluding hydrogens is 363 g/mol. The smallest absolute Gasteiger partial charge is 0.125 e. The lowest BCUT2D eigenvalue weighted by molar-refractivity contribution is 0.628. The molecule has 0 aliphatic carbocycles. The number of nitrogens with zero attached hydrogens (tertiary/aromatic N) is 2. The molecule has 0 N–H and O–H groups in total. The number of fused-ring (bicyclic) bond motifs is 1. The van der Waals surface area contributed by atoms with Gasteiger partial charge in [0.2, 0.25) is 0 Å². The maximum atomic E-state index is 13.5. The van der Waals surface area contributed by atoms with E-state index in [1.165, 1.54) is 17.0 Å². The molecule has 0 saturated carbocycles. The number of alkyl halides is 1. The molecule has 0 fully saturated rings. The van der Waals surface area contributed by atoms with E-state index < -0.39 is 0 Å². The van der Waals surface area contributed by atoms with Crippen LogP contribution in [0.5, 0.6) is 0 Å². The molecule has 3 rings (SSSR count). The highest BCUT2D eigenvalue weighted by atomic mass is 79.9. The van der Waals surface area contributed by atoms with Crippen LogP contribution in [0.4, 0.5) is 4.39 Å². The van der Waals surface area contributed by atoms with E-state index in [9.17, 15) is 4.39 Å². The molecule has 2 aromatic heterocycles. The van der Waals surface area contributed by atoms with E-state index in [4.69, 9.17) is 11.6 Å². The number of hydrogen-bond donors (Lipinski definition) is 0. The lowest BCUT2D eigenvalue weighted by Gasteiger charge is -2.07. The van der Waals surface area contributed by atoms with Gasteiger partial charge in [-0.05, 0) is 46.3 Å². The topological polar surface area (TPSA) is 17.8 Å². The van der Waals surface area contributed by atoms with E-state index in [1.807, 2.05) is 10.6 Å². The Labute approximate surface area is 133 Å². The second-order valence-corrected chi connectivity index (χ2v) is 7.32. The molecule has 0 atom stereocenters. The highest BCUT2D eigenvalue weighted by molar-refractivity contribution is 9.11. The molecule has 2 nitrogen and oxygen atoms in total. The summed E-state index contributed by atoms with van der Waals surface area (Å²) in [5.41, 5.74) is 1.62. The summed E-state index contributed by atoms with van der Waals surface area (Å²) in [4.78, 5) is 5.74. The van der Waals surface area contributed by atoms with E-state index in [0.717, 1.165) is 20.6 Å². The average Bonchev–Trinajstić information content (AvgIpc) is 2.96. The van der Waals surface area contributed by atoms with Gasteiger partial charge in [-0.1, -0.05) is 0 Å². The normalized spacial score (nSPS) is 11.3. The van der Waals surface area contributed by atoms with Crippen molar-refractivity contribution < 1.29 is 4.39 Å². The van der Waals surface area contributed by atoms with Crippen molar-refractivity contribution in [3.8, 4) is 0 Å². The van der Waals surface area contributed by atoms with Crippen molar-refractivity contribution >= 4 is 49.9 Å². The van der Waals surface area contributed by atoms with Crippen LogP contribution in [0.3, 0.4) is 0 Å². The van der Waals surface area contributed by atoms with E-state index in [1.54, 1.807) is 17.4 Å². The minimum Gasteiger partial charge on any atom is -0.323 e. The number of halogens is 3. The average molecular weight is 374 g/mol. The Bertz CT molecular complexity index is 753. The molecular formula is C14H11BrClFN2S.